The first-order chi connectivity index (χ1) is 12.6. The number of urea groups is 1. The maximum absolute atomic E-state index is 13.6. The Hall–Kier alpha value is -2.93. The van der Waals surface area contributed by atoms with Crippen molar-refractivity contribution in [2.75, 3.05) is 19.0 Å². The van der Waals surface area contributed by atoms with E-state index >= 15 is 0 Å². The lowest BCUT2D eigenvalue weighted by Crippen LogP contribution is -2.28. The van der Waals surface area contributed by atoms with Gasteiger partial charge < -0.3 is 19.9 Å². The molecule has 7 heteroatoms. The second kappa shape index (κ2) is 7.97. The Bertz CT molecular complexity index is 904. The van der Waals surface area contributed by atoms with Crippen molar-refractivity contribution in [2.24, 2.45) is 0 Å². The van der Waals surface area contributed by atoms with Crippen molar-refractivity contribution in [3.63, 3.8) is 0 Å². The van der Waals surface area contributed by atoms with Crippen LogP contribution in [-0.2, 0) is 17.8 Å². The second-order valence-electron chi connectivity index (χ2n) is 5.75. The third kappa shape index (κ3) is 3.83. The first kappa shape index (κ1) is 17.9. The van der Waals surface area contributed by atoms with Crippen molar-refractivity contribution >= 4 is 22.6 Å². The van der Waals surface area contributed by atoms with Crippen LogP contribution < -0.4 is 10.6 Å². The average Bonchev–Trinajstić information content (AvgIpc) is 2.97. The SMILES string of the molecule is COCCn1cc(NC(=O)NCc2c(F)cccc2F)c2ccccc21. The average molecular weight is 359 g/mol. The van der Waals surface area contributed by atoms with Crippen molar-refractivity contribution in [1.82, 2.24) is 9.88 Å². The van der Waals surface area contributed by atoms with E-state index in [4.69, 9.17) is 4.74 Å². The molecule has 1 heterocycles. The van der Waals surface area contributed by atoms with Gasteiger partial charge in [-0.25, -0.2) is 13.6 Å². The number of nitrogens with one attached hydrogen (secondary N) is 2. The van der Waals surface area contributed by atoms with E-state index in [9.17, 15) is 13.6 Å². The van der Waals surface area contributed by atoms with E-state index in [0.29, 0.717) is 18.8 Å². The fourth-order valence-electron chi connectivity index (χ4n) is 2.76. The third-order valence-corrected chi connectivity index (χ3v) is 4.06. The van der Waals surface area contributed by atoms with E-state index in [1.165, 1.54) is 6.07 Å². The molecule has 3 rings (SSSR count). The van der Waals surface area contributed by atoms with E-state index < -0.39 is 17.7 Å². The zero-order chi connectivity index (χ0) is 18.5. The Morgan fingerprint density at radius 1 is 1.12 bits per heavy atom. The largest absolute Gasteiger partial charge is 0.383 e. The Kier molecular flexibility index (Phi) is 5.48. The summed E-state index contributed by atoms with van der Waals surface area (Å²) in [6.07, 6.45) is 1.81. The van der Waals surface area contributed by atoms with Gasteiger partial charge in [0.25, 0.3) is 0 Å². The topological polar surface area (TPSA) is 55.3 Å². The highest BCUT2D eigenvalue weighted by atomic mass is 19.1. The monoisotopic (exact) mass is 359 g/mol. The molecule has 0 unspecified atom stereocenters. The number of ether oxygens (including phenoxy) is 1. The van der Waals surface area contributed by atoms with Gasteiger partial charge in [-0.2, -0.15) is 0 Å². The van der Waals surface area contributed by atoms with Crippen molar-refractivity contribution in [2.45, 2.75) is 13.1 Å². The van der Waals surface area contributed by atoms with Crippen molar-refractivity contribution in [3.8, 4) is 0 Å². The number of fused-ring (bicyclic) bond motifs is 1. The Morgan fingerprint density at radius 3 is 2.58 bits per heavy atom. The summed E-state index contributed by atoms with van der Waals surface area (Å²) >= 11 is 0. The smallest absolute Gasteiger partial charge is 0.319 e. The van der Waals surface area contributed by atoms with E-state index in [1.54, 1.807) is 7.11 Å². The number of hydrogen-bond donors (Lipinski definition) is 2. The molecule has 0 atom stereocenters. The van der Waals surface area contributed by atoms with Crippen LogP contribution in [-0.4, -0.2) is 24.3 Å². The van der Waals surface area contributed by atoms with Gasteiger partial charge in [0, 0.05) is 30.8 Å². The number of anilines is 1. The third-order valence-electron chi connectivity index (χ3n) is 4.06. The summed E-state index contributed by atoms with van der Waals surface area (Å²) in [7, 11) is 1.63. The molecule has 3 aromatic rings. The Balaban J connectivity index is 1.73. The molecule has 136 valence electrons. The molecule has 0 saturated carbocycles. The van der Waals surface area contributed by atoms with Gasteiger partial charge in [0.15, 0.2) is 0 Å². The van der Waals surface area contributed by atoms with Crippen LogP contribution >= 0.6 is 0 Å². The lowest BCUT2D eigenvalue weighted by molar-refractivity contribution is 0.188. The van der Waals surface area contributed by atoms with E-state index in [1.807, 2.05) is 35.0 Å². The molecule has 1 aromatic heterocycles. The molecule has 0 aliphatic heterocycles. The van der Waals surface area contributed by atoms with Gasteiger partial charge in [-0.05, 0) is 18.2 Å². The van der Waals surface area contributed by atoms with Crippen LogP contribution in [0.4, 0.5) is 19.3 Å². The van der Waals surface area contributed by atoms with Crippen LogP contribution in [0.5, 0.6) is 0 Å². The zero-order valence-corrected chi connectivity index (χ0v) is 14.3. The summed E-state index contributed by atoms with van der Waals surface area (Å²) in [5.41, 5.74) is 1.40. The Morgan fingerprint density at radius 2 is 1.85 bits per heavy atom. The van der Waals surface area contributed by atoms with Crippen LogP contribution in [0.25, 0.3) is 10.9 Å². The first-order valence-electron chi connectivity index (χ1n) is 8.14. The number of carbonyl (C=O) groups is 1. The fourth-order valence-corrected chi connectivity index (χ4v) is 2.76. The predicted molar refractivity (Wildman–Crippen MR) is 96.0 cm³/mol. The minimum Gasteiger partial charge on any atom is -0.383 e. The van der Waals surface area contributed by atoms with E-state index in [2.05, 4.69) is 10.6 Å². The second-order valence-corrected chi connectivity index (χ2v) is 5.75. The molecule has 0 aliphatic carbocycles. The molecule has 2 aromatic carbocycles. The molecule has 2 amide bonds. The maximum atomic E-state index is 13.6. The van der Waals surface area contributed by atoms with Crippen LogP contribution in [0.3, 0.4) is 0 Å². The highest BCUT2D eigenvalue weighted by Gasteiger charge is 2.13. The van der Waals surface area contributed by atoms with Gasteiger partial charge in [-0.1, -0.05) is 24.3 Å². The number of rotatable bonds is 6. The summed E-state index contributed by atoms with van der Waals surface area (Å²) in [6.45, 7) is 0.935. The number of nitrogens with zero attached hydrogens (tertiary/aromatic N) is 1. The van der Waals surface area contributed by atoms with Crippen LogP contribution in [0, 0.1) is 11.6 Å². The van der Waals surface area contributed by atoms with Crippen molar-refractivity contribution < 1.29 is 18.3 Å². The number of carbonyl (C=O) groups excluding carboxylic acids is 1. The molecule has 0 radical (unpaired) electrons. The van der Waals surface area contributed by atoms with Gasteiger partial charge >= 0.3 is 6.03 Å². The normalized spacial score (nSPS) is 10.9. The molecule has 0 fully saturated rings. The molecule has 0 saturated heterocycles. The van der Waals surface area contributed by atoms with E-state index in [-0.39, 0.29) is 12.1 Å². The number of methoxy groups -OCH3 is 1. The number of halogens is 2. The van der Waals surface area contributed by atoms with Crippen LogP contribution in [0.15, 0.2) is 48.7 Å². The fraction of sp³-hybridized carbons (Fsp3) is 0.211. The van der Waals surface area contributed by atoms with Crippen LogP contribution in [0.2, 0.25) is 0 Å². The number of amides is 2. The number of aromatic nitrogens is 1. The van der Waals surface area contributed by atoms with Crippen LogP contribution in [0.1, 0.15) is 5.56 Å². The van der Waals surface area contributed by atoms with Crippen molar-refractivity contribution in [1.29, 1.82) is 0 Å². The zero-order valence-electron chi connectivity index (χ0n) is 14.3. The summed E-state index contributed by atoms with van der Waals surface area (Å²) in [4.78, 5) is 12.2. The molecule has 0 spiro atoms. The number of para-hydroxylation sites is 1. The predicted octanol–water partition coefficient (Wildman–Crippen LogP) is 3.89. The van der Waals surface area contributed by atoms with Gasteiger partial charge in [-0.3, -0.25) is 0 Å². The number of hydrogen-bond acceptors (Lipinski definition) is 2. The van der Waals surface area contributed by atoms with Gasteiger partial charge in [0.05, 0.1) is 24.4 Å². The summed E-state index contributed by atoms with van der Waals surface area (Å²) in [5, 5.41) is 6.09. The molecular weight excluding hydrogens is 340 g/mol. The number of benzene rings is 2. The molecule has 0 aliphatic rings. The quantitative estimate of drug-likeness (QED) is 0.702. The molecule has 26 heavy (non-hydrogen) atoms. The van der Waals surface area contributed by atoms with Gasteiger partial charge in [0.2, 0.25) is 0 Å². The van der Waals surface area contributed by atoms with Gasteiger partial charge in [-0.15, -0.1) is 0 Å². The lowest BCUT2D eigenvalue weighted by Gasteiger charge is -2.08. The molecule has 2 N–H and O–H groups in total. The summed E-state index contributed by atoms with van der Waals surface area (Å²) in [6, 6.07) is 10.7. The summed E-state index contributed by atoms with van der Waals surface area (Å²) in [5.74, 6) is -1.39. The summed E-state index contributed by atoms with van der Waals surface area (Å²) < 4.78 is 34.3. The minimum absolute atomic E-state index is 0.176. The Labute approximate surface area is 149 Å². The highest BCUT2D eigenvalue weighted by molar-refractivity contribution is 6.01. The van der Waals surface area contributed by atoms with E-state index in [0.717, 1.165) is 23.0 Å². The van der Waals surface area contributed by atoms with Crippen molar-refractivity contribution in [3.05, 3.63) is 65.9 Å². The molecule has 0 bridgehead atoms. The highest BCUT2D eigenvalue weighted by Crippen LogP contribution is 2.25. The standard InChI is InChI=1S/C19H19F2N3O2/c1-26-10-9-24-12-17(13-5-2-3-8-18(13)24)23-19(25)22-11-14-15(20)6-4-7-16(14)21/h2-8,12H,9-11H2,1H3,(H2,22,23,25). The molecular formula is C19H19F2N3O2. The van der Waals surface area contributed by atoms with Gasteiger partial charge in [0.1, 0.15) is 11.6 Å². The lowest BCUT2D eigenvalue weighted by atomic mass is 10.2. The maximum Gasteiger partial charge on any atom is 0.319 e. The molecule has 5 nitrogen and oxygen atoms in total. The minimum atomic E-state index is -0.693. The first-order valence-corrected chi connectivity index (χ1v) is 8.14.